The number of carbonyl (C=O) groups is 1. The van der Waals surface area contributed by atoms with Gasteiger partial charge in [0.25, 0.3) is 5.91 Å². The number of carbonyl (C=O) groups excluding carboxylic acids is 1. The maximum atomic E-state index is 12.3. The average Bonchev–Trinajstić information content (AvgIpc) is 3.03. The van der Waals surface area contributed by atoms with E-state index in [1.165, 1.54) is 0 Å². The molecule has 2 heterocycles. The highest BCUT2D eigenvalue weighted by Gasteiger charge is 2.11. The van der Waals surface area contributed by atoms with Crippen molar-refractivity contribution < 1.29 is 9.53 Å². The zero-order valence-electron chi connectivity index (χ0n) is 12.4. The number of hydrogen-bond donors (Lipinski definition) is 1. The molecule has 0 saturated heterocycles. The Balaban J connectivity index is 1.86. The van der Waals surface area contributed by atoms with Crippen LogP contribution in [0.3, 0.4) is 0 Å². The number of nitrogens with one attached hydrogen (secondary N) is 1. The molecule has 0 aliphatic heterocycles. The molecule has 0 aliphatic carbocycles. The summed E-state index contributed by atoms with van der Waals surface area (Å²) in [5.41, 5.74) is 1.99. The molecule has 2 aromatic heterocycles. The summed E-state index contributed by atoms with van der Waals surface area (Å²) in [6.45, 7) is 2.58. The maximum Gasteiger partial charge on any atom is 0.273 e. The third kappa shape index (κ3) is 2.63. The van der Waals surface area contributed by atoms with E-state index < -0.39 is 0 Å². The SMILES string of the molecule is CCn1nccc1C(=O)Nc1cnc2cc(OC)ccc2c1. The molecular formula is C16H16N4O2. The van der Waals surface area contributed by atoms with Gasteiger partial charge in [-0.15, -0.1) is 0 Å². The summed E-state index contributed by atoms with van der Waals surface area (Å²) in [4.78, 5) is 16.6. The van der Waals surface area contributed by atoms with Gasteiger partial charge in [-0.05, 0) is 31.2 Å². The summed E-state index contributed by atoms with van der Waals surface area (Å²) in [6.07, 6.45) is 3.25. The molecular weight excluding hydrogens is 280 g/mol. The van der Waals surface area contributed by atoms with E-state index in [0.717, 1.165) is 16.7 Å². The van der Waals surface area contributed by atoms with Crippen LogP contribution in [0.25, 0.3) is 10.9 Å². The monoisotopic (exact) mass is 296 g/mol. The van der Waals surface area contributed by atoms with Crippen molar-refractivity contribution in [1.29, 1.82) is 0 Å². The lowest BCUT2D eigenvalue weighted by Crippen LogP contribution is -2.17. The Morgan fingerprint density at radius 3 is 2.95 bits per heavy atom. The molecule has 0 spiro atoms. The molecule has 1 aromatic carbocycles. The van der Waals surface area contributed by atoms with Gasteiger partial charge >= 0.3 is 0 Å². The van der Waals surface area contributed by atoms with Crippen LogP contribution in [-0.4, -0.2) is 27.8 Å². The molecule has 3 rings (SSSR count). The molecule has 6 nitrogen and oxygen atoms in total. The fourth-order valence-corrected chi connectivity index (χ4v) is 2.27. The number of fused-ring (bicyclic) bond motifs is 1. The number of methoxy groups -OCH3 is 1. The number of benzene rings is 1. The Kier molecular flexibility index (Phi) is 3.74. The summed E-state index contributed by atoms with van der Waals surface area (Å²) in [7, 11) is 1.62. The van der Waals surface area contributed by atoms with Gasteiger partial charge in [-0.1, -0.05) is 0 Å². The van der Waals surface area contributed by atoms with Crippen molar-refractivity contribution in [2.24, 2.45) is 0 Å². The minimum Gasteiger partial charge on any atom is -0.497 e. The third-order valence-corrected chi connectivity index (χ3v) is 3.40. The van der Waals surface area contributed by atoms with Crippen LogP contribution in [0.4, 0.5) is 5.69 Å². The zero-order valence-corrected chi connectivity index (χ0v) is 12.4. The first-order chi connectivity index (χ1) is 10.7. The summed E-state index contributed by atoms with van der Waals surface area (Å²) >= 11 is 0. The summed E-state index contributed by atoms with van der Waals surface area (Å²) in [5.74, 6) is 0.553. The van der Waals surface area contributed by atoms with Crippen molar-refractivity contribution in [3.05, 3.63) is 48.4 Å². The number of amides is 1. The molecule has 22 heavy (non-hydrogen) atoms. The number of ether oxygens (including phenoxy) is 1. The van der Waals surface area contributed by atoms with E-state index >= 15 is 0 Å². The highest BCUT2D eigenvalue weighted by molar-refractivity contribution is 6.03. The lowest BCUT2D eigenvalue weighted by Gasteiger charge is -2.08. The van der Waals surface area contributed by atoms with Crippen LogP contribution in [0.2, 0.25) is 0 Å². The van der Waals surface area contributed by atoms with Crippen LogP contribution in [-0.2, 0) is 6.54 Å². The molecule has 0 atom stereocenters. The number of aromatic nitrogens is 3. The molecule has 0 bridgehead atoms. The number of anilines is 1. The van der Waals surface area contributed by atoms with Crippen LogP contribution in [0.5, 0.6) is 5.75 Å². The molecule has 0 saturated carbocycles. The van der Waals surface area contributed by atoms with Gasteiger partial charge in [-0.3, -0.25) is 14.5 Å². The predicted octanol–water partition coefficient (Wildman–Crippen LogP) is 2.71. The van der Waals surface area contributed by atoms with Crippen molar-refractivity contribution in [1.82, 2.24) is 14.8 Å². The topological polar surface area (TPSA) is 69.0 Å². The zero-order chi connectivity index (χ0) is 15.5. The van der Waals surface area contributed by atoms with E-state index in [9.17, 15) is 4.79 Å². The first-order valence-corrected chi connectivity index (χ1v) is 6.98. The Morgan fingerprint density at radius 2 is 2.18 bits per heavy atom. The fraction of sp³-hybridized carbons (Fsp3) is 0.188. The molecule has 0 unspecified atom stereocenters. The molecule has 1 amide bonds. The van der Waals surface area contributed by atoms with Gasteiger partial charge in [-0.25, -0.2) is 0 Å². The van der Waals surface area contributed by atoms with Gasteiger partial charge in [0.05, 0.1) is 24.5 Å². The van der Waals surface area contributed by atoms with Crippen molar-refractivity contribution in [3.63, 3.8) is 0 Å². The van der Waals surface area contributed by atoms with Gasteiger partial charge in [0.2, 0.25) is 0 Å². The number of pyridine rings is 1. The third-order valence-electron chi connectivity index (χ3n) is 3.40. The van der Waals surface area contributed by atoms with Crippen molar-refractivity contribution >= 4 is 22.5 Å². The Bertz CT molecular complexity index is 826. The lowest BCUT2D eigenvalue weighted by molar-refractivity contribution is 0.101. The van der Waals surface area contributed by atoms with E-state index in [0.29, 0.717) is 17.9 Å². The van der Waals surface area contributed by atoms with E-state index in [2.05, 4.69) is 15.4 Å². The van der Waals surface area contributed by atoms with Crippen LogP contribution in [0, 0.1) is 0 Å². The molecule has 1 N–H and O–H groups in total. The smallest absolute Gasteiger partial charge is 0.273 e. The molecule has 112 valence electrons. The van der Waals surface area contributed by atoms with Gasteiger partial charge in [0.15, 0.2) is 0 Å². The Morgan fingerprint density at radius 1 is 1.32 bits per heavy atom. The van der Waals surface area contributed by atoms with Gasteiger partial charge in [-0.2, -0.15) is 5.10 Å². The minimum atomic E-state index is -0.200. The van der Waals surface area contributed by atoms with Crippen LogP contribution in [0.15, 0.2) is 42.7 Å². The largest absolute Gasteiger partial charge is 0.497 e. The molecule has 0 radical (unpaired) electrons. The van der Waals surface area contributed by atoms with Crippen LogP contribution < -0.4 is 10.1 Å². The first-order valence-electron chi connectivity index (χ1n) is 6.98. The minimum absolute atomic E-state index is 0.200. The van der Waals surface area contributed by atoms with Crippen LogP contribution in [0.1, 0.15) is 17.4 Å². The molecule has 3 aromatic rings. The Labute approximate surface area is 127 Å². The average molecular weight is 296 g/mol. The van der Waals surface area contributed by atoms with Crippen LogP contribution >= 0.6 is 0 Å². The fourth-order valence-electron chi connectivity index (χ4n) is 2.27. The number of nitrogens with zero attached hydrogens (tertiary/aromatic N) is 3. The van der Waals surface area contributed by atoms with E-state index in [1.54, 1.807) is 30.3 Å². The molecule has 0 fully saturated rings. The molecule has 0 aliphatic rings. The summed E-state index contributed by atoms with van der Waals surface area (Å²) in [5, 5.41) is 7.87. The predicted molar refractivity (Wildman–Crippen MR) is 84.1 cm³/mol. The molecule has 6 heteroatoms. The summed E-state index contributed by atoms with van der Waals surface area (Å²) in [6, 6.07) is 9.20. The van der Waals surface area contributed by atoms with E-state index in [1.807, 2.05) is 31.2 Å². The van der Waals surface area contributed by atoms with Crippen molar-refractivity contribution in [3.8, 4) is 5.75 Å². The Hall–Kier alpha value is -2.89. The van der Waals surface area contributed by atoms with Crippen molar-refractivity contribution in [2.75, 3.05) is 12.4 Å². The van der Waals surface area contributed by atoms with Gasteiger partial charge in [0.1, 0.15) is 11.4 Å². The normalized spacial score (nSPS) is 10.6. The highest BCUT2D eigenvalue weighted by atomic mass is 16.5. The van der Waals surface area contributed by atoms with Gasteiger partial charge < -0.3 is 10.1 Å². The van der Waals surface area contributed by atoms with E-state index in [-0.39, 0.29) is 5.91 Å². The second-order valence-corrected chi connectivity index (χ2v) is 4.77. The number of hydrogen-bond acceptors (Lipinski definition) is 4. The summed E-state index contributed by atoms with van der Waals surface area (Å²) < 4.78 is 6.82. The first kappa shape index (κ1) is 14.1. The quantitative estimate of drug-likeness (QED) is 0.803. The standard InChI is InChI=1S/C16H16N4O2/c1-3-20-15(6-7-18-20)16(21)19-12-8-11-4-5-13(22-2)9-14(11)17-10-12/h4-10H,3H2,1-2H3,(H,19,21). The van der Waals surface area contributed by atoms with E-state index in [4.69, 9.17) is 4.74 Å². The number of aryl methyl sites for hydroxylation is 1. The van der Waals surface area contributed by atoms with Crippen molar-refractivity contribution in [2.45, 2.75) is 13.5 Å². The maximum absolute atomic E-state index is 12.3. The lowest BCUT2D eigenvalue weighted by atomic mass is 10.2. The second-order valence-electron chi connectivity index (χ2n) is 4.77. The second kappa shape index (κ2) is 5.85. The highest BCUT2D eigenvalue weighted by Crippen LogP contribution is 2.21. The van der Waals surface area contributed by atoms with Gasteiger partial charge in [0, 0.05) is 24.2 Å². The number of rotatable bonds is 4.